The first-order valence-corrected chi connectivity index (χ1v) is 46.2. The Kier molecular flexibility index (Phi) is 18.1. The van der Waals surface area contributed by atoms with Gasteiger partial charge in [0, 0.05) is 79.0 Å². The molecular weight excluding hydrogens is 1590 g/mol. The number of fused-ring (bicyclic) bond motifs is 26. The zero-order valence-electron chi connectivity index (χ0n) is 74.0. The average Bonchev–Trinajstić information content (AvgIpc) is 1.51. The van der Waals surface area contributed by atoms with Crippen LogP contribution in [0.5, 0.6) is 0 Å². The summed E-state index contributed by atoms with van der Waals surface area (Å²) in [4.78, 5) is 9.72. The molecule has 0 N–H and O–H groups in total. The van der Waals surface area contributed by atoms with Crippen LogP contribution in [-0.4, -0.2) is 0 Å². The van der Waals surface area contributed by atoms with E-state index < -0.39 is 10.8 Å². The molecule has 2 spiro atoms. The van der Waals surface area contributed by atoms with Gasteiger partial charge in [-0.1, -0.05) is 367 Å². The third-order valence-corrected chi connectivity index (χ3v) is 29.3. The Morgan fingerprint density at radius 1 is 0.136 bits per heavy atom. The number of nitrogens with zero attached hydrogens (tertiary/aromatic N) is 4. The van der Waals surface area contributed by atoms with Gasteiger partial charge in [-0.05, 0) is 296 Å². The highest BCUT2D eigenvalue weighted by molar-refractivity contribution is 6.06. The topological polar surface area (TPSA) is 13.0 Å². The molecule has 0 radical (unpaired) electrons. The van der Waals surface area contributed by atoms with Crippen molar-refractivity contribution in [2.75, 3.05) is 19.6 Å². The van der Waals surface area contributed by atoms with Gasteiger partial charge in [0.2, 0.25) is 0 Å². The number of para-hydroxylation sites is 6. The van der Waals surface area contributed by atoms with Crippen molar-refractivity contribution in [3.63, 3.8) is 0 Å². The van der Waals surface area contributed by atoms with Gasteiger partial charge in [-0.2, -0.15) is 0 Å². The third-order valence-electron chi connectivity index (χ3n) is 29.3. The Balaban J connectivity index is 0.000000142. The summed E-state index contributed by atoms with van der Waals surface area (Å²) >= 11 is 0. The van der Waals surface area contributed by atoms with Crippen LogP contribution in [0.3, 0.4) is 0 Å². The van der Waals surface area contributed by atoms with Crippen molar-refractivity contribution < 1.29 is 0 Å². The fraction of sp³-hybridized carbons (Fsp3) is 0.0625. The van der Waals surface area contributed by atoms with Crippen LogP contribution < -0.4 is 19.6 Å². The molecule has 0 heterocycles. The van der Waals surface area contributed by atoms with Crippen LogP contribution in [-0.2, 0) is 21.7 Å². The van der Waals surface area contributed by atoms with E-state index in [9.17, 15) is 0 Å². The number of rotatable bonds is 14. The average molecular weight is 1690 g/mol. The normalized spacial score (nSPS) is 13.8. The first-order valence-electron chi connectivity index (χ1n) is 46.2. The van der Waals surface area contributed by atoms with Gasteiger partial charge in [-0.3, -0.25) is 0 Å². The van der Waals surface area contributed by atoms with E-state index in [0.717, 1.165) is 68.2 Å². The molecule has 6 aliphatic rings. The van der Waals surface area contributed by atoms with Crippen LogP contribution in [0, 0.1) is 0 Å². The maximum absolute atomic E-state index is 2.55. The zero-order valence-corrected chi connectivity index (χ0v) is 74.0. The van der Waals surface area contributed by atoms with E-state index in [1.807, 2.05) is 0 Å². The van der Waals surface area contributed by atoms with E-state index in [1.165, 1.54) is 156 Å². The van der Waals surface area contributed by atoms with Gasteiger partial charge < -0.3 is 19.6 Å². The molecule has 0 saturated carbocycles. The fourth-order valence-corrected chi connectivity index (χ4v) is 23.6. The molecule has 26 rings (SSSR count). The number of benzene rings is 20. The highest BCUT2D eigenvalue weighted by Gasteiger charge is 2.55. The minimum atomic E-state index is -0.572. The van der Waals surface area contributed by atoms with E-state index in [-0.39, 0.29) is 10.8 Å². The second-order valence-electron chi connectivity index (χ2n) is 36.9. The van der Waals surface area contributed by atoms with Crippen LogP contribution in [0.4, 0.5) is 68.2 Å². The predicted molar refractivity (Wildman–Crippen MR) is 550 cm³/mol. The van der Waals surface area contributed by atoms with Crippen molar-refractivity contribution in [3.8, 4) is 89.0 Å². The zero-order chi connectivity index (χ0) is 88.0. The minimum Gasteiger partial charge on any atom is -0.311 e. The second kappa shape index (κ2) is 30.7. The van der Waals surface area contributed by atoms with E-state index >= 15 is 0 Å². The van der Waals surface area contributed by atoms with Crippen molar-refractivity contribution in [3.05, 3.63) is 552 Å². The Bertz CT molecular complexity index is 7770. The SMILES string of the molecule is CC1(C)c2ccccc2-c2ccc(N(c3ccccc3)c3cc(N(c4ccccc4)c4ccc5c(c4)C(C)(C)c4ccccc4-5)c4c(c3)C3(c5ccccc5-c5ccccc53)c3ccccc3-4)cc21.c1ccc(N(c2ccccc2)c2ccc(-c3cc(-c4ccc(N(c5ccccc5)c5ccccc5)cc4)c4c(c3)C3(c5ccccc5-c5ccccc53)c3ccccc3-4)cc2)cc1. The Labute approximate surface area is 772 Å². The molecule has 132 heavy (non-hydrogen) atoms. The van der Waals surface area contributed by atoms with Crippen molar-refractivity contribution in [1.29, 1.82) is 0 Å². The summed E-state index contributed by atoms with van der Waals surface area (Å²) in [7, 11) is 0. The summed E-state index contributed by atoms with van der Waals surface area (Å²) < 4.78 is 0. The molecule has 0 atom stereocenters. The largest absolute Gasteiger partial charge is 0.311 e. The summed E-state index contributed by atoms with van der Waals surface area (Å²) in [6.07, 6.45) is 0. The standard InChI is InChI=1S/C67H50N2.C61H42N2/c1-65(2)55-30-16-11-25-48(55)52-37-35-45(39-60(52)65)68(43-21-7-5-8-22-43)47-41-62-64(54-29-15-20-34-59(54)67(62)57-32-18-13-27-50(57)51-28-14-19-33-58(51)67)63(42-47)69(44-23-9-6-10-24-44)46-36-38-53-49-26-12-17-31-56(49)66(3,4)61(53)40-46;1-5-19-46(20-6-1)62(47-21-7-2-8-22-47)50-37-33-43(34-38-50)45-41-55(44-35-39-51(40-36-44)63(48-23-9-3-10-24-48)49-25-11-4-12-26-49)60-54-29-15-18-32-58(54)61(59(60)42-45)56-30-16-13-27-52(56)53-28-14-17-31-57(53)61/h5-42H,1-4H3;1-42H. The lowest BCUT2D eigenvalue weighted by Crippen LogP contribution is -2.26. The van der Waals surface area contributed by atoms with E-state index in [1.54, 1.807) is 0 Å². The summed E-state index contributed by atoms with van der Waals surface area (Å²) in [6.45, 7) is 9.53. The highest BCUT2D eigenvalue weighted by atomic mass is 15.2. The lowest BCUT2D eigenvalue weighted by atomic mass is 9.70. The Morgan fingerprint density at radius 2 is 0.379 bits per heavy atom. The lowest BCUT2D eigenvalue weighted by molar-refractivity contribution is 0.660. The van der Waals surface area contributed by atoms with Gasteiger partial charge in [0.15, 0.2) is 0 Å². The molecular formula is C128H92N4. The molecule has 6 aliphatic carbocycles. The second-order valence-corrected chi connectivity index (χ2v) is 36.9. The lowest BCUT2D eigenvalue weighted by Gasteiger charge is -2.35. The van der Waals surface area contributed by atoms with Crippen LogP contribution >= 0.6 is 0 Å². The number of hydrogen-bond acceptors (Lipinski definition) is 4. The van der Waals surface area contributed by atoms with E-state index in [0.29, 0.717) is 0 Å². The van der Waals surface area contributed by atoms with Gasteiger partial charge >= 0.3 is 0 Å². The molecule has 624 valence electrons. The molecule has 0 unspecified atom stereocenters. The van der Waals surface area contributed by atoms with E-state index in [2.05, 4.69) is 533 Å². The van der Waals surface area contributed by atoms with Crippen LogP contribution in [0.15, 0.2) is 485 Å². The van der Waals surface area contributed by atoms with Crippen LogP contribution in [0.2, 0.25) is 0 Å². The van der Waals surface area contributed by atoms with Crippen LogP contribution in [0.1, 0.15) is 94.5 Å². The van der Waals surface area contributed by atoms with Gasteiger partial charge in [0.25, 0.3) is 0 Å². The number of anilines is 12. The summed E-state index contributed by atoms with van der Waals surface area (Å²) in [5, 5.41) is 0. The molecule has 0 aromatic heterocycles. The molecule has 4 nitrogen and oxygen atoms in total. The molecule has 0 saturated heterocycles. The Morgan fingerprint density at radius 3 is 0.742 bits per heavy atom. The summed E-state index contributed by atoms with van der Waals surface area (Å²) in [5.74, 6) is 0. The summed E-state index contributed by atoms with van der Waals surface area (Å²) in [5.41, 5.74) is 48.4. The molecule has 0 aliphatic heterocycles. The molecule has 20 aromatic carbocycles. The number of hydrogen-bond donors (Lipinski definition) is 0. The van der Waals surface area contributed by atoms with Gasteiger partial charge in [-0.25, -0.2) is 0 Å². The smallest absolute Gasteiger partial charge is 0.0727 e. The molecule has 4 heteroatoms. The minimum absolute atomic E-state index is 0.165. The summed E-state index contributed by atoms with van der Waals surface area (Å²) in [6, 6.07) is 180. The predicted octanol–water partition coefficient (Wildman–Crippen LogP) is 33.9. The first-order chi connectivity index (χ1) is 65.0. The van der Waals surface area contributed by atoms with Crippen LogP contribution in [0.25, 0.3) is 89.0 Å². The van der Waals surface area contributed by atoms with Crippen molar-refractivity contribution in [2.45, 2.75) is 49.4 Å². The van der Waals surface area contributed by atoms with E-state index in [4.69, 9.17) is 0 Å². The van der Waals surface area contributed by atoms with Crippen molar-refractivity contribution in [2.24, 2.45) is 0 Å². The van der Waals surface area contributed by atoms with Crippen molar-refractivity contribution >= 4 is 68.2 Å². The van der Waals surface area contributed by atoms with Gasteiger partial charge in [0.05, 0.1) is 16.5 Å². The van der Waals surface area contributed by atoms with Crippen molar-refractivity contribution in [1.82, 2.24) is 0 Å². The third kappa shape index (κ3) is 11.8. The fourth-order valence-electron chi connectivity index (χ4n) is 23.6. The Hall–Kier alpha value is -16.4. The maximum atomic E-state index is 2.55. The molecule has 0 amide bonds. The van der Waals surface area contributed by atoms with Gasteiger partial charge in [-0.15, -0.1) is 0 Å². The molecule has 20 aromatic rings. The monoisotopic (exact) mass is 1680 g/mol. The highest BCUT2D eigenvalue weighted by Crippen LogP contribution is 2.69. The first kappa shape index (κ1) is 77.9. The molecule has 0 fully saturated rings. The maximum Gasteiger partial charge on any atom is 0.0727 e. The molecule has 0 bridgehead atoms. The van der Waals surface area contributed by atoms with Gasteiger partial charge in [0.1, 0.15) is 0 Å². The quantitative estimate of drug-likeness (QED) is 0.108.